The molecule has 1 fully saturated rings. The van der Waals surface area contributed by atoms with Gasteiger partial charge in [0.25, 0.3) is 0 Å². The van der Waals surface area contributed by atoms with Crippen molar-refractivity contribution in [3.63, 3.8) is 0 Å². The summed E-state index contributed by atoms with van der Waals surface area (Å²) >= 11 is 0. The van der Waals surface area contributed by atoms with E-state index in [4.69, 9.17) is 9.47 Å². The van der Waals surface area contributed by atoms with E-state index in [9.17, 15) is 19.5 Å². The molecule has 0 bridgehead atoms. The quantitative estimate of drug-likeness (QED) is 0.400. The molecular formula is C24H27NO6. The minimum atomic E-state index is -1.05. The molecule has 0 radical (unpaired) electrons. The molecule has 1 saturated heterocycles. The molecule has 1 aliphatic rings. The highest BCUT2D eigenvalue weighted by Gasteiger charge is 2.31. The number of piperidine rings is 1. The van der Waals surface area contributed by atoms with Gasteiger partial charge in [-0.3, -0.25) is 9.59 Å². The highest BCUT2D eigenvalue weighted by atomic mass is 16.5. The molecule has 2 aromatic carbocycles. The number of esters is 1. The van der Waals surface area contributed by atoms with Crippen LogP contribution in [0.1, 0.15) is 47.7 Å². The third kappa shape index (κ3) is 5.42. The summed E-state index contributed by atoms with van der Waals surface area (Å²) in [6.45, 7) is 4.33. The second-order valence-corrected chi connectivity index (χ2v) is 7.61. The number of carbonyl (C=O) groups is 3. The van der Waals surface area contributed by atoms with Crippen molar-refractivity contribution < 1.29 is 29.0 Å². The fourth-order valence-electron chi connectivity index (χ4n) is 3.63. The Balaban J connectivity index is 1.83. The Kier molecular flexibility index (Phi) is 7.28. The molecule has 0 spiro atoms. The molecule has 1 amide bonds. The minimum Gasteiger partial charge on any atom is -0.488 e. The van der Waals surface area contributed by atoms with Gasteiger partial charge in [-0.25, -0.2) is 4.79 Å². The predicted octanol–water partition coefficient (Wildman–Crippen LogP) is 4.46. The van der Waals surface area contributed by atoms with Crippen molar-refractivity contribution in [3.05, 3.63) is 59.2 Å². The lowest BCUT2D eigenvalue weighted by molar-refractivity contribution is -0.140. The van der Waals surface area contributed by atoms with Crippen LogP contribution in [0.25, 0.3) is 0 Å². The van der Waals surface area contributed by atoms with Crippen LogP contribution in [0.2, 0.25) is 0 Å². The molecule has 31 heavy (non-hydrogen) atoms. The average Bonchev–Trinajstić information content (AvgIpc) is 2.79. The maximum absolute atomic E-state index is 12.8. The fourth-order valence-corrected chi connectivity index (χ4v) is 3.63. The van der Waals surface area contributed by atoms with Gasteiger partial charge in [0, 0.05) is 25.1 Å². The molecule has 0 saturated carbocycles. The number of benzene rings is 2. The Labute approximate surface area is 181 Å². The molecule has 3 rings (SSSR count). The van der Waals surface area contributed by atoms with E-state index >= 15 is 0 Å². The predicted molar refractivity (Wildman–Crippen MR) is 115 cm³/mol. The van der Waals surface area contributed by atoms with E-state index in [1.165, 1.54) is 4.90 Å². The summed E-state index contributed by atoms with van der Waals surface area (Å²) in [4.78, 5) is 37.8. The Morgan fingerprint density at radius 2 is 1.87 bits per heavy atom. The lowest BCUT2D eigenvalue weighted by atomic mass is 9.98. The SMILES string of the molecule is CCC(=O)c1ccc(OCc2ccccc2)c(C)c1OC(=O)C1CCCN(C(=O)O)C1. The van der Waals surface area contributed by atoms with E-state index in [-0.39, 0.29) is 24.5 Å². The van der Waals surface area contributed by atoms with Crippen LogP contribution in [0, 0.1) is 12.8 Å². The smallest absolute Gasteiger partial charge is 0.407 e. The number of ketones is 1. The molecule has 7 heteroatoms. The summed E-state index contributed by atoms with van der Waals surface area (Å²) in [5, 5.41) is 9.22. The zero-order valence-electron chi connectivity index (χ0n) is 17.8. The fraction of sp³-hybridized carbons (Fsp3) is 0.375. The first-order chi connectivity index (χ1) is 14.9. The van der Waals surface area contributed by atoms with Crippen molar-refractivity contribution in [1.82, 2.24) is 4.90 Å². The Bertz CT molecular complexity index is 956. The van der Waals surface area contributed by atoms with Crippen LogP contribution < -0.4 is 9.47 Å². The number of amides is 1. The Hall–Kier alpha value is -3.35. The van der Waals surface area contributed by atoms with E-state index in [1.807, 2.05) is 30.3 Å². The number of rotatable bonds is 7. The van der Waals surface area contributed by atoms with E-state index in [0.29, 0.717) is 42.9 Å². The average molecular weight is 425 g/mol. The number of carbonyl (C=O) groups excluding carboxylic acids is 2. The lowest BCUT2D eigenvalue weighted by Crippen LogP contribution is -2.42. The molecule has 7 nitrogen and oxygen atoms in total. The van der Waals surface area contributed by atoms with Crippen molar-refractivity contribution in [2.24, 2.45) is 5.92 Å². The molecular weight excluding hydrogens is 398 g/mol. The molecule has 1 heterocycles. The molecule has 164 valence electrons. The lowest BCUT2D eigenvalue weighted by Gasteiger charge is -2.29. The van der Waals surface area contributed by atoms with Crippen LogP contribution in [0.15, 0.2) is 42.5 Å². The third-order valence-corrected chi connectivity index (χ3v) is 5.44. The highest BCUT2D eigenvalue weighted by molar-refractivity contribution is 6.00. The molecule has 0 aromatic heterocycles. The van der Waals surface area contributed by atoms with Gasteiger partial charge in [0.15, 0.2) is 5.78 Å². The summed E-state index contributed by atoms with van der Waals surface area (Å²) in [6.07, 6.45) is 0.353. The van der Waals surface area contributed by atoms with Gasteiger partial charge in [-0.1, -0.05) is 37.3 Å². The topological polar surface area (TPSA) is 93.1 Å². The Morgan fingerprint density at radius 3 is 2.55 bits per heavy atom. The monoisotopic (exact) mass is 425 g/mol. The molecule has 2 aromatic rings. The maximum atomic E-state index is 12.8. The Morgan fingerprint density at radius 1 is 1.13 bits per heavy atom. The highest BCUT2D eigenvalue weighted by Crippen LogP contribution is 2.34. The van der Waals surface area contributed by atoms with E-state index < -0.39 is 18.0 Å². The third-order valence-electron chi connectivity index (χ3n) is 5.44. The summed E-state index contributed by atoms with van der Waals surface area (Å²) in [6, 6.07) is 13.0. The van der Waals surface area contributed by atoms with Gasteiger partial charge in [-0.2, -0.15) is 0 Å². The molecule has 0 aliphatic carbocycles. The summed E-state index contributed by atoms with van der Waals surface area (Å²) in [5.41, 5.74) is 1.88. The van der Waals surface area contributed by atoms with Gasteiger partial charge in [0.2, 0.25) is 0 Å². The van der Waals surface area contributed by atoms with Gasteiger partial charge in [0.1, 0.15) is 18.1 Å². The van der Waals surface area contributed by atoms with Crippen LogP contribution >= 0.6 is 0 Å². The second-order valence-electron chi connectivity index (χ2n) is 7.61. The summed E-state index contributed by atoms with van der Waals surface area (Å²) < 4.78 is 11.6. The normalized spacial score (nSPS) is 15.9. The van der Waals surface area contributed by atoms with Crippen LogP contribution in [0.3, 0.4) is 0 Å². The number of carboxylic acid groups (broad SMARTS) is 1. The summed E-state index contributed by atoms with van der Waals surface area (Å²) in [5.74, 6) is -0.525. The van der Waals surface area contributed by atoms with Crippen molar-refractivity contribution in [3.8, 4) is 11.5 Å². The standard InChI is InChI=1S/C24H27NO6/c1-3-20(26)19-11-12-21(30-15-17-8-5-4-6-9-17)16(2)22(19)31-23(27)18-10-7-13-25(14-18)24(28)29/h4-6,8-9,11-12,18H,3,7,10,13-15H2,1-2H3,(H,28,29). The molecule has 1 atom stereocenters. The van der Waals surface area contributed by atoms with E-state index in [2.05, 4.69) is 0 Å². The zero-order valence-corrected chi connectivity index (χ0v) is 17.8. The van der Waals surface area contributed by atoms with E-state index in [1.54, 1.807) is 26.0 Å². The zero-order chi connectivity index (χ0) is 22.4. The number of hydrogen-bond acceptors (Lipinski definition) is 5. The molecule has 1 N–H and O–H groups in total. The first-order valence-corrected chi connectivity index (χ1v) is 10.4. The van der Waals surface area contributed by atoms with Gasteiger partial charge in [0.05, 0.1) is 11.5 Å². The van der Waals surface area contributed by atoms with Crippen molar-refractivity contribution >= 4 is 17.8 Å². The summed E-state index contributed by atoms with van der Waals surface area (Å²) in [7, 11) is 0. The molecule has 1 aliphatic heterocycles. The number of Topliss-reactive ketones (excluding diaryl/α,β-unsaturated/α-hetero) is 1. The van der Waals surface area contributed by atoms with Gasteiger partial charge in [-0.05, 0) is 37.5 Å². The minimum absolute atomic E-state index is 0.0917. The van der Waals surface area contributed by atoms with Crippen LogP contribution in [-0.2, 0) is 11.4 Å². The number of likely N-dealkylation sites (tertiary alicyclic amines) is 1. The van der Waals surface area contributed by atoms with Crippen LogP contribution in [0.5, 0.6) is 11.5 Å². The van der Waals surface area contributed by atoms with Gasteiger partial charge < -0.3 is 19.5 Å². The number of hydrogen-bond donors (Lipinski definition) is 1. The first kappa shape index (κ1) is 22.3. The van der Waals surface area contributed by atoms with Crippen molar-refractivity contribution in [2.75, 3.05) is 13.1 Å². The van der Waals surface area contributed by atoms with Crippen LogP contribution in [-0.4, -0.2) is 40.9 Å². The number of ether oxygens (including phenoxy) is 2. The molecule has 1 unspecified atom stereocenters. The van der Waals surface area contributed by atoms with Crippen LogP contribution in [0.4, 0.5) is 4.79 Å². The number of nitrogens with zero attached hydrogens (tertiary/aromatic N) is 1. The van der Waals surface area contributed by atoms with Crippen molar-refractivity contribution in [1.29, 1.82) is 0 Å². The maximum Gasteiger partial charge on any atom is 0.407 e. The largest absolute Gasteiger partial charge is 0.488 e. The van der Waals surface area contributed by atoms with Crippen molar-refractivity contribution in [2.45, 2.75) is 39.7 Å². The first-order valence-electron chi connectivity index (χ1n) is 10.4. The van der Waals surface area contributed by atoms with Gasteiger partial charge >= 0.3 is 12.1 Å². The second kappa shape index (κ2) is 10.1. The van der Waals surface area contributed by atoms with E-state index in [0.717, 1.165) is 5.56 Å². The van der Waals surface area contributed by atoms with Gasteiger partial charge in [-0.15, -0.1) is 0 Å².